The fourth-order valence-corrected chi connectivity index (χ4v) is 2.86. The van der Waals surface area contributed by atoms with E-state index in [0.29, 0.717) is 6.04 Å². The number of aryl methyl sites for hydroxylation is 1. The second-order valence-electron chi connectivity index (χ2n) is 3.87. The van der Waals surface area contributed by atoms with Gasteiger partial charge in [0.05, 0.1) is 0 Å². The Morgan fingerprint density at radius 2 is 2.06 bits per heavy atom. The number of aromatic nitrogens is 1. The van der Waals surface area contributed by atoms with Gasteiger partial charge in [-0.15, -0.1) is 11.3 Å². The van der Waals surface area contributed by atoms with Gasteiger partial charge >= 0.3 is 0 Å². The molecule has 16 heavy (non-hydrogen) atoms. The van der Waals surface area contributed by atoms with E-state index in [2.05, 4.69) is 40.8 Å². The highest BCUT2D eigenvalue weighted by Crippen LogP contribution is 2.26. The SMILES string of the molecule is CNC(Cc1ccncc1)c1sccc1C. The minimum atomic E-state index is 0.405. The van der Waals surface area contributed by atoms with Gasteiger partial charge in [0.25, 0.3) is 0 Å². The summed E-state index contributed by atoms with van der Waals surface area (Å²) in [5.74, 6) is 0. The van der Waals surface area contributed by atoms with Crippen LogP contribution in [0.25, 0.3) is 0 Å². The van der Waals surface area contributed by atoms with Crippen molar-refractivity contribution in [1.82, 2.24) is 10.3 Å². The fourth-order valence-electron chi connectivity index (χ4n) is 1.82. The van der Waals surface area contributed by atoms with Crippen LogP contribution in [0.15, 0.2) is 36.0 Å². The van der Waals surface area contributed by atoms with Gasteiger partial charge < -0.3 is 5.32 Å². The fraction of sp³-hybridized carbons (Fsp3) is 0.308. The van der Waals surface area contributed by atoms with Crippen molar-refractivity contribution in [1.29, 1.82) is 0 Å². The molecule has 0 spiro atoms. The van der Waals surface area contributed by atoms with Crippen molar-refractivity contribution in [3.8, 4) is 0 Å². The van der Waals surface area contributed by atoms with Gasteiger partial charge in [-0.05, 0) is 55.1 Å². The Labute approximate surface area is 100 Å². The summed E-state index contributed by atoms with van der Waals surface area (Å²) in [5, 5.41) is 5.54. The molecule has 84 valence electrons. The Morgan fingerprint density at radius 1 is 1.31 bits per heavy atom. The van der Waals surface area contributed by atoms with Crippen LogP contribution in [0.3, 0.4) is 0 Å². The van der Waals surface area contributed by atoms with E-state index in [9.17, 15) is 0 Å². The second-order valence-corrected chi connectivity index (χ2v) is 4.82. The molecule has 0 amide bonds. The number of pyridine rings is 1. The summed E-state index contributed by atoms with van der Waals surface area (Å²) >= 11 is 1.82. The van der Waals surface area contributed by atoms with Crippen LogP contribution in [-0.4, -0.2) is 12.0 Å². The van der Waals surface area contributed by atoms with Gasteiger partial charge in [-0.1, -0.05) is 0 Å². The van der Waals surface area contributed by atoms with Crippen LogP contribution < -0.4 is 5.32 Å². The summed E-state index contributed by atoms with van der Waals surface area (Å²) < 4.78 is 0. The maximum Gasteiger partial charge on any atom is 0.0455 e. The largest absolute Gasteiger partial charge is 0.312 e. The van der Waals surface area contributed by atoms with Gasteiger partial charge in [0.2, 0.25) is 0 Å². The quantitative estimate of drug-likeness (QED) is 0.876. The first-order valence-corrected chi connectivity index (χ1v) is 6.29. The van der Waals surface area contributed by atoms with Crippen molar-refractivity contribution < 1.29 is 0 Å². The molecule has 0 bridgehead atoms. The normalized spacial score (nSPS) is 12.6. The number of likely N-dealkylation sites (N-methyl/N-ethyl adjacent to an activating group) is 1. The Bertz CT molecular complexity index is 436. The van der Waals surface area contributed by atoms with Crippen molar-refractivity contribution in [2.75, 3.05) is 7.05 Å². The van der Waals surface area contributed by atoms with Gasteiger partial charge in [0.1, 0.15) is 0 Å². The summed E-state index contributed by atoms with van der Waals surface area (Å²) in [6, 6.07) is 6.74. The lowest BCUT2D eigenvalue weighted by Gasteiger charge is -2.15. The number of nitrogens with zero attached hydrogens (tertiary/aromatic N) is 1. The molecule has 0 aromatic carbocycles. The van der Waals surface area contributed by atoms with E-state index in [1.54, 1.807) is 0 Å². The molecule has 2 aromatic rings. The van der Waals surface area contributed by atoms with Crippen LogP contribution in [0.4, 0.5) is 0 Å². The Hall–Kier alpha value is -1.19. The molecule has 0 fully saturated rings. The van der Waals surface area contributed by atoms with E-state index in [4.69, 9.17) is 0 Å². The molecular weight excluding hydrogens is 216 g/mol. The first-order chi connectivity index (χ1) is 7.81. The summed E-state index contributed by atoms with van der Waals surface area (Å²) in [6.07, 6.45) is 4.72. The molecule has 2 rings (SSSR count). The molecule has 1 atom stereocenters. The van der Waals surface area contributed by atoms with Crippen molar-refractivity contribution in [2.24, 2.45) is 0 Å². The minimum Gasteiger partial charge on any atom is -0.312 e. The highest BCUT2D eigenvalue weighted by molar-refractivity contribution is 7.10. The average molecular weight is 232 g/mol. The van der Waals surface area contributed by atoms with Crippen molar-refractivity contribution in [3.63, 3.8) is 0 Å². The highest BCUT2D eigenvalue weighted by atomic mass is 32.1. The molecule has 3 heteroatoms. The van der Waals surface area contributed by atoms with E-state index >= 15 is 0 Å². The van der Waals surface area contributed by atoms with Gasteiger partial charge in [-0.25, -0.2) is 0 Å². The third-order valence-corrected chi connectivity index (χ3v) is 3.89. The lowest BCUT2D eigenvalue weighted by molar-refractivity contribution is 0.599. The lowest BCUT2D eigenvalue weighted by atomic mass is 10.0. The van der Waals surface area contributed by atoms with Crippen molar-refractivity contribution in [3.05, 3.63) is 52.0 Å². The first kappa shape index (κ1) is 11.3. The van der Waals surface area contributed by atoms with Crippen LogP contribution in [0, 0.1) is 6.92 Å². The Kier molecular flexibility index (Phi) is 3.70. The molecule has 2 aromatic heterocycles. The Morgan fingerprint density at radius 3 is 2.62 bits per heavy atom. The summed E-state index contributed by atoms with van der Waals surface area (Å²) in [4.78, 5) is 5.47. The van der Waals surface area contributed by atoms with E-state index < -0.39 is 0 Å². The second kappa shape index (κ2) is 5.23. The van der Waals surface area contributed by atoms with E-state index in [1.807, 2.05) is 30.8 Å². The first-order valence-electron chi connectivity index (χ1n) is 5.41. The number of thiophene rings is 1. The third-order valence-electron chi connectivity index (χ3n) is 2.76. The standard InChI is InChI=1S/C13H16N2S/c1-10-5-8-16-13(10)12(14-2)9-11-3-6-15-7-4-11/h3-8,12,14H,9H2,1-2H3. The van der Waals surface area contributed by atoms with Gasteiger partial charge in [-0.3, -0.25) is 4.98 Å². The monoisotopic (exact) mass is 232 g/mol. The van der Waals surface area contributed by atoms with E-state index in [1.165, 1.54) is 16.0 Å². The van der Waals surface area contributed by atoms with Gasteiger partial charge in [0, 0.05) is 23.3 Å². The zero-order valence-corrected chi connectivity index (χ0v) is 10.4. The summed E-state index contributed by atoms with van der Waals surface area (Å²) in [6.45, 7) is 2.17. The number of hydrogen-bond donors (Lipinski definition) is 1. The topological polar surface area (TPSA) is 24.9 Å². The Balaban J connectivity index is 2.16. The smallest absolute Gasteiger partial charge is 0.0455 e. The zero-order valence-electron chi connectivity index (χ0n) is 9.60. The molecule has 1 N–H and O–H groups in total. The van der Waals surface area contributed by atoms with Gasteiger partial charge in [-0.2, -0.15) is 0 Å². The molecule has 0 saturated carbocycles. The molecule has 1 unspecified atom stereocenters. The number of nitrogens with one attached hydrogen (secondary N) is 1. The molecule has 0 aliphatic carbocycles. The number of hydrogen-bond acceptors (Lipinski definition) is 3. The van der Waals surface area contributed by atoms with Crippen LogP contribution in [0.2, 0.25) is 0 Å². The van der Waals surface area contributed by atoms with Crippen LogP contribution in [0.1, 0.15) is 22.0 Å². The van der Waals surface area contributed by atoms with Crippen LogP contribution >= 0.6 is 11.3 Å². The molecule has 2 nitrogen and oxygen atoms in total. The predicted molar refractivity (Wildman–Crippen MR) is 68.8 cm³/mol. The van der Waals surface area contributed by atoms with Crippen molar-refractivity contribution >= 4 is 11.3 Å². The summed E-state index contributed by atoms with van der Waals surface area (Å²) in [7, 11) is 2.02. The van der Waals surface area contributed by atoms with Gasteiger partial charge in [0.15, 0.2) is 0 Å². The zero-order chi connectivity index (χ0) is 11.4. The minimum absolute atomic E-state index is 0.405. The maximum absolute atomic E-state index is 4.04. The molecule has 0 aliphatic rings. The van der Waals surface area contributed by atoms with Crippen molar-refractivity contribution in [2.45, 2.75) is 19.4 Å². The molecule has 0 radical (unpaired) electrons. The van der Waals surface area contributed by atoms with Crippen LogP contribution in [-0.2, 0) is 6.42 Å². The molecular formula is C13H16N2S. The highest BCUT2D eigenvalue weighted by Gasteiger charge is 2.13. The molecule has 2 heterocycles. The molecule has 0 saturated heterocycles. The number of rotatable bonds is 4. The van der Waals surface area contributed by atoms with E-state index in [0.717, 1.165) is 6.42 Å². The predicted octanol–water partition coefficient (Wildman–Crippen LogP) is 2.95. The summed E-state index contributed by atoms with van der Waals surface area (Å²) in [5.41, 5.74) is 2.69. The maximum atomic E-state index is 4.04. The molecule has 0 aliphatic heterocycles. The average Bonchev–Trinajstić information content (AvgIpc) is 2.74. The van der Waals surface area contributed by atoms with E-state index in [-0.39, 0.29) is 0 Å². The van der Waals surface area contributed by atoms with Crippen LogP contribution in [0.5, 0.6) is 0 Å². The third kappa shape index (κ3) is 2.49. The lowest BCUT2D eigenvalue weighted by Crippen LogP contribution is -2.18.